The fourth-order valence-electron chi connectivity index (χ4n) is 3.87. The molecule has 5 heteroatoms. The van der Waals surface area contributed by atoms with Crippen LogP contribution in [0.25, 0.3) is 0 Å². The van der Waals surface area contributed by atoms with Crippen molar-refractivity contribution in [1.82, 2.24) is 9.80 Å². The van der Waals surface area contributed by atoms with Crippen molar-refractivity contribution in [2.24, 2.45) is 0 Å². The van der Waals surface area contributed by atoms with Gasteiger partial charge in [-0.15, -0.1) is 0 Å². The first-order valence-corrected chi connectivity index (χ1v) is 9.41. The van der Waals surface area contributed by atoms with Crippen molar-refractivity contribution in [3.63, 3.8) is 0 Å². The number of likely N-dealkylation sites (tertiary alicyclic amines) is 1. The van der Waals surface area contributed by atoms with Crippen LogP contribution in [0.4, 0.5) is 0 Å². The average molecular weight is 344 g/mol. The number of hydrogen-bond donors (Lipinski definition) is 0. The molecule has 0 radical (unpaired) electrons. The van der Waals surface area contributed by atoms with Gasteiger partial charge in [0.05, 0.1) is 13.2 Å². The summed E-state index contributed by atoms with van der Waals surface area (Å²) in [4.78, 5) is 29.4. The van der Waals surface area contributed by atoms with E-state index in [1.807, 2.05) is 28.0 Å². The normalized spacial score (nSPS) is 22.0. The molecular formula is C20H28N2O3. The van der Waals surface area contributed by atoms with Gasteiger partial charge >= 0.3 is 0 Å². The SMILES string of the molecule is CC[C@@H](CC(=O)N1CCC[C@@H]1C(=O)N1CCOCC1)c1ccccc1. The summed E-state index contributed by atoms with van der Waals surface area (Å²) in [7, 11) is 0. The predicted octanol–water partition coefficient (Wildman–Crippen LogP) is 2.42. The molecule has 2 aliphatic heterocycles. The van der Waals surface area contributed by atoms with E-state index in [0.29, 0.717) is 39.3 Å². The van der Waals surface area contributed by atoms with Crippen LogP contribution in [-0.2, 0) is 14.3 Å². The highest BCUT2D eigenvalue weighted by molar-refractivity contribution is 5.88. The van der Waals surface area contributed by atoms with Crippen molar-refractivity contribution in [2.45, 2.75) is 44.6 Å². The standard InChI is InChI=1S/C20H28N2O3/c1-2-16(17-7-4-3-5-8-17)15-19(23)22-10-6-9-18(22)20(24)21-11-13-25-14-12-21/h3-5,7-8,16,18H,2,6,9-15H2,1H3/t16-,18+/m0/s1. The molecule has 0 aromatic heterocycles. The largest absolute Gasteiger partial charge is 0.378 e. The first-order chi connectivity index (χ1) is 12.2. The Morgan fingerprint density at radius 2 is 1.88 bits per heavy atom. The van der Waals surface area contributed by atoms with Gasteiger partial charge in [-0.05, 0) is 30.7 Å². The third-order valence-corrected chi connectivity index (χ3v) is 5.37. The molecule has 0 bridgehead atoms. The smallest absolute Gasteiger partial charge is 0.245 e. The zero-order valence-electron chi connectivity index (χ0n) is 15.0. The molecule has 1 aromatic carbocycles. The van der Waals surface area contributed by atoms with Crippen LogP contribution < -0.4 is 0 Å². The molecule has 0 aliphatic carbocycles. The van der Waals surface area contributed by atoms with Gasteiger partial charge in [-0.1, -0.05) is 37.3 Å². The van der Waals surface area contributed by atoms with Gasteiger partial charge in [0, 0.05) is 26.1 Å². The van der Waals surface area contributed by atoms with E-state index in [1.165, 1.54) is 5.56 Å². The minimum Gasteiger partial charge on any atom is -0.378 e. The molecule has 2 atom stereocenters. The Bertz CT molecular complexity index is 584. The average Bonchev–Trinajstić information content (AvgIpc) is 3.16. The highest BCUT2D eigenvalue weighted by atomic mass is 16.5. The van der Waals surface area contributed by atoms with Crippen LogP contribution >= 0.6 is 0 Å². The molecule has 2 heterocycles. The van der Waals surface area contributed by atoms with Crippen LogP contribution in [0.1, 0.15) is 44.1 Å². The summed E-state index contributed by atoms with van der Waals surface area (Å²) in [6, 6.07) is 9.92. The molecule has 0 N–H and O–H groups in total. The quantitative estimate of drug-likeness (QED) is 0.824. The Labute approximate surface area is 149 Å². The number of hydrogen-bond acceptors (Lipinski definition) is 3. The molecule has 0 saturated carbocycles. The number of amides is 2. The zero-order valence-corrected chi connectivity index (χ0v) is 15.0. The van der Waals surface area contributed by atoms with E-state index in [4.69, 9.17) is 4.74 Å². The maximum absolute atomic E-state index is 12.9. The molecular weight excluding hydrogens is 316 g/mol. The fraction of sp³-hybridized carbons (Fsp3) is 0.600. The van der Waals surface area contributed by atoms with E-state index in [2.05, 4.69) is 19.1 Å². The van der Waals surface area contributed by atoms with Crippen LogP contribution in [0.5, 0.6) is 0 Å². The summed E-state index contributed by atoms with van der Waals surface area (Å²) in [5, 5.41) is 0. The molecule has 2 saturated heterocycles. The van der Waals surface area contributed by atoms with Crippen molar-refractivity contribution in [3.8, 4) is 0 Å². The minimum absolute atomic E-state index is 0.0990. The van der Waals surface area contributed by atoms with E-state index < -0.39 is 0 Å². The summed E-state index contributed by atoms with van der Waals surface area (Å²) in [6.45, 7) is 5.28. The number of rotatable bonds is 5. The Morgan fingerprint density at radius 1 is 1.16 bits per heavy atom. The van der Waals surface area contributed by atoms with Crippen LogP contribution in [0.2, 0.25) is 0 Å². The van der Waals surface area contributed by atoms with Gasteiger partial charge < -0.3 is 14.5 Å². The third-order valence-electron chi connectivity index (χ3n) is 5.37. The van der Waals surface area contributed by atoms with Gasteiger partial charge in [-0.3, -0.25) is 9.59 Å². The highest BCUT2D eigenvalue weighted by Crippen LogP contribution is 2.27. The van der Waals surface area contributed by atoms with Crippen molar-refractivity contribution in [3.05, 3.63) is 35.9 Å². The van der Waals surface area contributed by atoms with Gasteiger partial charge in [0.25, 0.3) is 0 Å². The van der Waals surface area contributed by atoms with Gasteiger partial charge in [0.1, 0.15) is 6.04 Å². The van der Waals surface area contributed by atoms with Crippen LogP contribution in [0, 0.1) is 0 Å². The molecule has 2 amide bonds. The zero-order chi connectivity index (χ0) is 17.6. The molecule has 2 aliphatic rings. The molecule has 1 aromatic rings. The lowest BCUT2D eigenvalue weighted by Gasteiger charge is -2.33. The first kappa shape index (κ1) is 17.9. The Morgan fingerprint density at radius 3 is 2.56 bits per heavy atom. The fourth-order valence-corrected chi connectivity index (χ4v) is 3.87. The van der Waals surface area contributed by atoms with E-state index in [-0.39, 0.29) is 23.8 Å². The number of nitrogens with zero attached hydrogens (tertiary/aromatic N) is 2. The molecule has 0 spiro atoms. The van der Waals surface area contributed by atoms with E-state index >= 15 is 0 Å². The van der Waals surface area contributed by atoms with Crippen molar-refractivity contribution < 1.29 is 14.3 Å². The summed E-state index contributed by atoms with van der Waals surface area (Å²) in [6.07, 6.45) is 3.09. The Balaban J connectivity index is 1.64. The molecule has 3 rings (SSSR count). The van der Waals surface area contributed by atoms with Crippen molar-refractivity contribution in [1.29, 1.82) is 0 Å². The number of morpholine rings is 1. The third kappa shape index (κ3) is 4.21. The highest BCUT2D eigenvalue weighted by Gasteiger charge is 2.37. The van der Waals surface area contributed by atoms with Crippen LogP contribution in [-0.4, -0.2) is 60.5 Å². The molecule has 136 valence electrons. The summed E-state index contributed by atoms with van der Waals surface area (Å²) >= 11 is 0. The van der Waals surface area contributed by atoms with E-state index in [1.54, 1.807) is 0 Å². The maximum atomic E-state index is 12.9. The number of carbonyl (C=O) groups is 2. The molecule has 25 heavy (non-hydrogen) atoms. The van der Waals surface area contributed by atoms with Gasteiger partial charge in [0.15, 0.2) is 0 Å². The minimum atomic E-state index is -0.279. The van der Waals surface area contributed by atoms with Crippen LogP contribution in [0.15, 0.2) is 30.3 Å². The van der Waals surface area contributed by atoms with Gasteiger partial charge in [0.2, 0.25) is 11.8 Å². The summed E-state index contributed by atoms with van der Waals surface area (Å²) in [5.41, 5.74) is 1.20. The number of carbonyl (C=O) groups excluding carboxylic acids is 2. The van der Waals surface area contributed by atoms with Crippen molar-refractivity contribution >= 4 is 11.8 Å². The second-order valence-corrected chi connectivity index (χ2v) is 6.90. The summed E-state index contributed by atoms with van der Waals surface area (Å²) in [5.74, 6) is 0.426. The monoisotopic (exact) mass is 344 g/mol. The van der Waals surface area contributed by atoms with Gasteiger partial charge in [-0.2, -0.15) is 0 Å². The first-order valence-electron chi connectivity index (χ1n) is 9.41. The molecule has 5 nitrogen and oxygen atoms in total. The van der Waals surface area contributed by atoms with Gasteiger partial charge in [-0.25, -0.2) is 0 Å². The lowest BCUT2D eigenvalue weighted by molar-refractivity contribution is -0.146. The van der Waals surface area contributed by atoms with Crippen molar-refractivity contribution in [2.75, 3.05) is 32.8 Å². The Kier molecular flexibility index (Phi) is 6.08. The second kappa shape index (κ2) is 8.48. The molecule has 2 fully saturated rings. The summed E-state index contributed by atoms with van der Waals surface area (Å²) < 4.78 is 5.33. The van der Waals surface area contributed by atoms with Crippen LogP contribution in [0.3, 0.4) is 0 Å². The second-order valence-electron chi connectivity index (χ2n) is 6.90. The Hall–Kier alpha value is -1.88. The van der Waals surface area contributed by atoms with E-state index in [9.17, 15) is 9.59 Å². The maximum Gasteiger partial charge on any atom is 0.245 e. The topological polar surface area (TPSA) is 49.9 Å². The number of ether oxygens (including phenoxy) is 1. The molecule has 0 unspecified atom stereocenters. The lowest BCUT2D eigenvalue weighted by atomic mass is 9.92. The lowest BCUT2D eigenvalue weighted by Crippen LogP contribution is -2.51. The predicted molar refractivity (Wildman–Crippen MR) is 96.2 cm³/mol. The van der Waals surface area contributed by atoms with E-state index in [0.717, 1.165) is 19.3 Å². The number of benzene rings is 1.